The van der Waals surface area contributed by atoms with Crippen LogP contribution in [0.4, 0.5) is 28.8 Å². The highest BCUT2D eigenvalue weighted by molar-refractivity contribution is 5.95. The van der Waals surface area contributed by atoms with Crippen LogP contribution in [0.15, 0.2) is 40.1 Å². The maximum absolute atomic E-state index is 12.7. The number of hydrogen-bond acceptors (Lipinski definition) is 10. The second kappa shape index (κ2) is 10.3. The molecule has 3 aromatic rings. The topological polar surface area (TPSA) is 146 Å². The van der Waals surface area contributed by atoms with Gasteiger partial charge in [0.1, 0.15) is 22.9 Å². The van der Waals surface area contributed by atoms with E-state index in [0.29, 0.717) is 22.8 Å². The first-order valence-electron chi connectivity index (χ1n) is 11.8. The predicted molar refractivity (Wildman–Crippen MR) is 140 cm³/mol. The van der Waals surface area contributed by atoms with E-state index < -0.39 is 10.9 Å². The van der Waals surface area contributed by atoms with Gasteiger partial charge < -0.3 is 31.3 Å². The number of methoxy groups -OCH3 is 1. The lowest BCUT2D eigenvalue weighted by Crippen LogP contribution is -2.42. The quantitative estimate of drug-likeness (QED) is 0.296. The molecule has 1 aliphatic heterocycles. The van der Waals surface area contributed by atoms with E-state index in [4.69, 9.17) is 4.74 Å². The van der Waals surface area contributed by atoms with Crippen molar-refractivity contribution in [2.24, 2.45) is 0 Å². The molecule has 1 fully saturated rings. The minimum absolute atomic E-state index is 0.151. The van der Waals surface area contributed by atoms with Gasteiger partial charge in [-0.05, 0) is 71.0 Å². The Morgan fingerprint density at radius 2 is 1.78 bits per heavy atom. The van der Waals surface area contributed by atoms with E-state index in [1.807, 2.05) is 20.8 Å². The molecule has 0 spiro atoms. The summed E-state index contributed by atoms with van der Waals surface area (Å²) in [5.74, 6) is 0.888. The smallest absolute Gasteiger partial charge is 0.253 e. The predicted octanol–water partition coefficient (Wildman–Crippen LogP) is 2.26. The number of amides is 1. The molecule has 0 saturated carbocycles. The van der Waals surface area contributed by atoms with E-state index in [1.54, 1.807) is 24.3 Å². The van der Waals surface area contributed by atoms with Gasteiger partial charge in [-0.3, -0.25) is 14.4 Å². The molecule has 11 nitrogen and oxygen atoms in total. The molecule has 0 radical (unpaired) electrons. The lowest BCUT2D eigenvalue weighted by molar-refractivity contribution is 0.0929. The summed E-state index contributed by atoms with van der Waals surface area (Å²) < 4.78 is 5.48. The molecule has 1 aromatic heterocycles. The van der Waals surface area contributed by atoms with Crippen molar-refractivity contribution < 1.29 is 9.53 Å². The molecule has 0 bridgehead atoms. The highest BCUT2D eigenvalue weighted by Gasteiger charge is 2.25. The third-order valence-electron chi connectivity index (χ3n) is 5.70. The molecule has 5 N–H and O–H groups in total. The van der Waals surface area contributed by atoms with E-state index in [-0.39, 0.29) is 34.8 Å². The molecule has 1 saturated heterocycles. The third-order valence-corrected chi connectivity index (χ3v) is 5.70. The summed E-state index contributed by atoms with van der Waals surface area (Å²) in [5, 5.41) is 15.4. The highest BCUT2D eigenvalue weighted by Crippen LogP contribution is 2.29. The number of aromatic nitrogens is 2. The monoisotopic (exact) mass is 493 g/mol. The van der Waals surface area contributed by atoms with Crippen LogP contribution in [0.3, 0.4) is 0 Å². The molecule has 1 aliphatic rings. The van der Waals surface area contributed by atoms with Crippen LogP contribution in [-0.2, 0) is 0 Å². The minimum atomic E-state index is -0.602. The zero-order valence-electron chi connectivity index (χ0n) is 20.8. The SMILES string of the molecule is COc1cc(C(=O)NC2CCNCC2)ccc1Nc1nccc(Nc2c(NC(C)(C)C)c(=O)c2=O)n1. The number of nitrogens with zero attached hydrogens (tertiary/aromatic N) is 2. The summed E-state index contributed by atoms with van der Waals surface area (Å²) in [4.78, 5) is 45.4. The molecule has 190 valence electrons. The van der Waals surface area contributed by atoms with E-state index in [0.717, 1.165) is 25.9 Å². The van der Waals surface area contributed by atoms with Crippen molar-refractivity contribution in [3.8, 4) is 5.75 Å². The summed E-state index contributed by atoms with van der Waals surface area (Å²) in [7, 11) is 1.52. The van der Waals surface area contributed by atoms with Crippen LogP contribution in [0.2, 0.25) is 0 Å². The van der Waals surface area contributed by atoms with E-state index in [1.165, 1.54) is 13.3 Å². The Labute approximate surface area is 208 Å². The van der Waals surface area contributed by atoms with Crippen LogP contribution < -0.4 is 42.2 Å². The summed E-state index contributed by atoms with van der Waals surface area (Å²) in [6.07, 6.45) is 3.32. The fourth-order valence-electron chi connectivity index (χ4n) is 3.91. The van der Waals surface area contributed by atoms with Gasteiger partial charge in [-0.2, -0.15) is 4.98 Å². The Bertz CT molecular complexity index is 1320. The second-order valence-corrected chi connectivity index (χ2v) is 9.71. The summed E-state index contributed by atoms with van der Waals surface area (Å²) in [5.41, 5.74) is -0.0845. The summed E-state index contributed by atoms with van der Waals surface area (Å²) in [6, 6.07) is 6.83. The largest absolute Gasteiger partial charge is 0.495 e. The number of ether oxygens (including phenoxy) is 1. The zero-order valence-corrected chi connectivity index (χ0v) is 20.8. The number of nitrogens with one attached hydrogen (secondary N) is 5. The first-order valence-corrected chi connectivity index (χ1v) is 11.8. The van der Waals surface area contributed by atoms with E-state index in [9.17, 15) is 14.4 Å². The average molecular weight is 494 g/mol. The molecule has 2 aromatic carbocycles. The van der Waals surface area contributed by atoms with Gasteiger partial charge in [0.2, 0.25) is 5.95 Å². The van der Waals surface area contributed by atoms with Gasteiger partial charge >= 0.3 is 0 Å². The number of benzene rings is 1. The molecule has 11 heteroatoms. The number of anilines is 5. The van der Waals surface area contributed by atoms with Crippen molar-refractivity contribution in [1.82, 2.24) is 20.6 Å². The van der Waals surface area contributed by atoms with Crippen LogP contribution in [0, 0.1) is 0 Å². The third kappa shape index (κ3) is 5.80. The molecule has 2 heterocycles. The number of carbonyl (C=O) groups is 1. The van der Waals surface area contributed by atoms with Crippen molar-refractivity contribution in [3.05, 3.63) is 56.5 Å². The van der Waals surface area contributed by atoms with Gasteiger partial charge in [0.15, 0.2) is 0 Å². The average Bonchev–Trinajstić information content (AvgIpc) is 2.86. The Kier molecular flexibility index (Phi) is 7.20. The Morgan fingerprint density at radius 1 is 1.06 bits per heavy atom. The number of piperidine rings is 1. The standard InChI is InChI=1S/C25H31N7O4/c1-25(2,3)32-20-19(21(33)22(20)34)30-18-9-12-27-24(31-18)29-16-6-5-14(13-17(16)36-4)23(35)28-15-7-10-26-11-8-15/h5-6,9,12-13,15,26,32H,7-8,10-11H2,1-4H3,(H,28,35)(H2,27,29,30,31). The van der Waals surface area contributed by atoms with Crippen molar-refractivity contribution in [2.45, 2.75) is 45.2 Å². The molecule has 0 atom stereocenters. The van der Waals surface area contributed by atoms with Gasteiger partial charge in [0, 0.05) is 23.3 Å². The Hall–Kier alpha value is -3.99. The highest BCUT2D eigenvalue weighted by atomic mass is 16.5. The van der Waals surface area contributed by atoms with Crippen LogP contribution in [0.5, 0.6) is 5.75 Å². The van der Waals surface area contributed by atoms with E-state index in [2.05, 4.69) is 36.6 Å². The van der Waals surface area contributed by atoms with Crippen LogP contribution >= 0.6 is 0 Å². The molecule has 1 amide bonds. The number of carbonyl (C=O) groups excluding carboxylic acids is 1. The zero-order chi connectivity index (χ0) is 25.9. The maximum Gasteiger partial charge on any atom is 0.253 e. The summed E-state index contributed by atoms with van der Waals surface area (Å²) >= 11 is 0. The number of hydrogen-bond donors (Lipinski definition) is 5. The van der Waals surface area contributed by atoms with Crippen molar-refractivity contribution >= 4 is 34.7 Å². The fourth-order valence-corrected chi connectivity index (χ4v) is 3.91. The molecule has 4 rings (SSSR count). The Balaban J connectivity index is 1.48. The van der Waals surface area contributed by atoms with Gasteiger partial charge in [-0.25, -0.2) is 4.98 Å². The number of rotatable bonds is 8. The van der Waals surface area contributed by atoms with Crippen molar-refractivity contribution in [2.75, 3.05) is 36.1 Å². The Morgan fingerprint density at radius 3 is 2.47 bits per heavy atom. The lowest BCUT2D eigenvalue weighted by Gasteiger charge is -2.24. The summed E-state index contributed by atoms with van der Waals surface area (Å²) in [6.45, 7) is 7.48. The second-order valence-electron chi connectivity index (χ2n) is 9.71. The maximum atomic E-state index is 12.7. The van der Waals surface area contributed by atoms with Gasteiger partial charge in [0.05, 0.1) is 12.8 Å². The van der Waals surface area contributed by atoms with E-state index >= 15 is 0 Å². The van der Waals surface area contributed by atoms with Crippen molar-refractivity contribution in [1.29, 1.82) is 0 Å². The first-order chi connectivity index (χ1) is 17.1. The lowest BCUT2D eigenvalue weighted by atomic mass is 10.1. The van der Waals surface area contributed by atoms with Crippen LogP contribution in [0.25, 0.3) is 0 Å². The van der Waals surface area contributed by atoms with Crippen LogP contribution in [0.1, 0.15) is 44.0 Å². The first kappa shape index (κ1) is 25.1. The van der Waals surface area contributed by atoms with Crippen molar-refractivity contribution in [3.63, 3.8) is 0 Å². The van der Waals surface area contributed by atoms with Gasteiger partial charge in [-0.15, -0.1) is 0 Å². The normalized spacial score (nSPS) is 14.3. The molecule has 36 heavy (non-hydrogen) atoms. The molecule has 0 aliphatic carbocycles. The van der Waals surface area contributed by atoms with Gasteiger partial charge in [-0.1, -0.05) is 0 Å². The molecular formula is C25H31N7O4. The van der Waals surface area contributed by atoms with Crippen LogP contribution in [-0.4, -0.2) is 47.7 Å². The minimum Gasteiger partial charge on any atom is -0.495 e. The molecule has 0 unspecified atom stereocenters. The van der Waals surface area contributed by atoms with Gasteiger partial charge in [0.25, 0.3) is 16.8 Å². The molecular weight excluding hydrogens is 462 g/mol. The fraction of sp³-hybridized carbons (Fsp3) is 0.400.